The van der Waals surface area contributed by atoms with Gasteiger partial charge in [0.25, 0.3) is 0 Å². The number of carbonyl (C=O) groups excluding carboxylic acids is 1. The molecule has 0 unspecified atom stereocenters. The third kappa shape index (κ3) is 4.37. The molecule has 1 rings (SSSR count). The molecule has 116 valence electrons. The normalized spacial score (nSPS) is 16.0. The lowest BCUT2D eigenvalue weighted by atomic mass is 10.3. The Morgan fingerprint density at radius 3 is 2.10 bits per heavy atom. The van der Waals surface area contributed by atoms with Crippen LogP contribution in [0, 0.1) is 0 Å². The maximum Gasteiger partial charge on any atom is 0.329 e. The van der Waals surface area contributed by atoms with E-state index in [-0.39, 0.29) is 6.03 Å². The first kappa shape index (κ1) is 16.8. The second-order valence-electron chi connectivity index (χ2n) is 5.28. The van der Waals surface area contributed by atoms with E-state index in [4.69, 9.17) is 5.11 Å². The van der Waals surface area contributed by atoms with Gasteiger partial charge in [-0.2, -0.15) is 0 Å². The molecular weight excluding hydrogens is 258 g/mol. The van der Waals surface area contributed by atoms with E-state index in [1.807, 2.05) is 6.92 Å². The van der Waals surface area contributed by atoms with Crippen LogP contribution < -0.4 is 5.32 Å². The second-order valence-corrected chi connectivity index (χ2v) is 5.28. The van der Waals surface area contributed by atoms with Gasteiger partial charge in [-0.05, 0) is 45.8 Å². The van der Waals surface area contributed by atoms with E-state index in [1.54, 1.807) is 4.90 Å². The smallest absolute Gasteiger partial charge is 0.329 e. The molecule has 0 aromatic carbocycles. The standard InChI is InChI=1S/C14H27N3O3/c1-4-16(5-2)10-7-11-17(6-3)13(20)15-14(8-9-14)12(18)19/h4-11H2,1-3H3,(H,15,20)(H,18,19). The summed E-state index contributed by atoms with van der Waals surface area (Å²) in [5.41, 5.74) is -0.997. The van der Waals surface area contributed by atoms with Crippen LogP contribution in [0.25, 0.3) is 0 Å². The lowest BCUT2D eigenvalue weighted by molar-refractivity contribution is -0.140. The van der Waals surface area contributed by atoms with Crippen molar-refractivity contribution in [2.45, 2.75) is 45.6 Å². The minimum absolute atomic E-state index is 0.257. The van der Waals surface area contributed by atoms with E-state index in [9.17, 15) is 9.59 Å². The van der Waals surface area contributed by atoms with Crippen LogP contribution in [0.5, 0.6) is 0 Å². The number of aliphatic carboxylic acids is 1. The van der Waals surface area contributed by atoms with Crippen molar-refractivity contribution in [1.82, 2.24) is 15.1 Å². The summed E-state index contributed by atoms with van der Waals surface area (Å²) in [6, 6.07) is -0.257. The summed E-state index contributed by atoms with van der Waals surface area (Å²) in [4.78, 5) is 27.2. The molecule has 2 N–H and O–H groups in total. The highest BCUT2D eigenvalue weighted by molar-refractivity contribution is 5.88. The van der Waals surface area contributed by atoms with Gasteiger partial charge in [-0.25, -0.2) is 9.59 Å². The first-order valence-electron chi connectivity index (χ1n) is 7.52. The minimum Gasteiger partial charge on any atom is -0.480 e. The fourth-order valence-corrected chi connectivity index (χ4v) is 2.23. The van der Waals surface area contributed by atoms with Gasteiger partial charge in [-0.3, -0.25) is 0 Å². The molecule has 0 aromatic heterocycles. The number of carbonyl (C=O) groups is 2. The fraction of sp³-hybridized carbons (Fsp3) is 0.857. The first-order chi connectivity index (χ1) is 9.49. The summed E-state index contributed by atoms with van der Waals surface area (Å²) < 4.78 is 0. The van der Waals surface area contributed by atoms with Crippen molar-refractivity contribution in [2.75, 3.05) is 32.7 Å². The zero-order valence-corrected chi connectivity index (χ0v) is 12.8. The Hall–Kier alpha value is -1.30. The fourth-order valence-electron chi connectivity index (χ4n) is 2.23. The average Bonchev–Trinajstić information content (AvgIpc) is 3.20. The van der Waals surface area contributed by atoms with E-state index in [0.717, 1.165) is 26.1 Å². The van der Waals surface area contributed by atoms with Crippen molar-refractivity contribution in [1.29, 1.82) is 0 Å². The molecule has 1 aliphatic carbocycles. The number of hydrogen-bond acceptors (Lipinski definition) is 3. The van der Waals surface area contributed by atoms with Gasteiger partial charge in [-0.15, -0.1) is 0 Å². The van der Waals surface area contributed by atoms with Gasteiger partial charge in [0, 0.05) is 13.1 Å². The number of carboxylic acids is 1. The van der Waals surface area contributed by atoms with Gasteiger partial charge in [0.1, 0.15) is 5.54 Å². The molecule has 0 atom stereocenters. The highest BCUT2D eigenvalue weighted by atomic mass is 16.4. The van der Waals surface area contributed by atoms with Gasteiger partial charge >= 0.3 is 12.0 Å². The molecule has 0 spiro atoms. The van der Waals surface area contributed by atoms with E-state index in [1.165, 1.54) is 0 Å². The Morgan fingerprint density at radius 1 is 1.10 bits per heavy atom. The van der Waals surface area contributed by atoms with Crippen LogP contribution in [0.4, 0.5) is 4.79 Å². The van der Waals surface area contributed by atoms with Gasteiger partial charge in [0.15, 0.2) is 0 Å². The topological polar surface area (TPSA) is 72.9 Å². The van der Waals surface area contributed by atoms with Gasteiger partial charge in [0.2, 0.25) is 0 Å². The van der Waals surface area contributed by atoms with E-state index in [0.29, 0.717) is 25.9 Å². The number of carboxylic acid groups (broad SMARTS) is 1. The lowest BCUT2D eigenvalue weighted by Gasteiger charge is -2.25. The monoisotopic (exact) mass is 285 g/mol. The molecule has 0 aliphatic heterocycles. The van der Waals surface area contributed by atoms with Gasteiger partial charge < -0.3 is 20.2 Å². The van der Waals surface area contributed by atoms with Crippen LogP contribution in [0.1, 0.15) is 40.0 Å². The summed E-state index contributed by atoms with van der Waals surface area (Å²) in [6.45, 7) is 10.4. The summed E-state index contributed by atoms with van der Waals surface area (Å²) in [5, 5.41) is 11.7. The average molecular weight is 285 g/mol. The second kappa shape index (κ2) is 7.47. The number of amides is 2. The van der Waals surface area contributed by atoms with Gasteiger partial charge in [-0.1, -0.05) is 13.8 Å². The summed E-state index contributed by atoms with van der Waals surface area (Å²) >= 11 is 0. The van der Waals surface area contributed by atoms with Crippen molar-refractivity contribution >= 4 is 12.0 Å². The zero-order chi connectivity index (χ0) is 15.2. The van der Waals surface area contributed by atoms with Crippen LogP contribution in [0.15, 0.2) is 0 Å². The molecule has 0 aromatic rings. The molecule has 6 heteroatoms. The molecule has 1 fully saturated rings. The highest BCUT2D eigenvalue weighted by Gasteiger charge is 2.52. The summed E-state index contributed by atoms with van der Waals surface area (Å²) in [7, 11) is 0. The predicted octanol–water partition coefficient (Wildman–Crippen LogP) is 1.37. The molecule has 0 heterocycles. The first-order valence-corrected chi connectivity index (χ1v) is 7.52. The number of hydrogen-bond donors (Lipinski definition) is 2. The Balaban J connectivity index is 2.38. The Kier molecular flexibility index (Phi) is 6.26. The molecule has 0 saturated heterocycles. The van der Waals surface area contributed by atoms with E-state index < -0.39 is 11.5 Å². The number of rotatable bonds is 9. The van der Waals surface area contributed by atoms with Crippen molar-refractivity contribution in [3.05, 3.63) is 0 Å². The molecule has 0 radical (unpaired) electrons. The van der Waals surface area contributed by atoms with Crippen LogP contribution in [-0.2, 0) is 4.79 Å². The molecule has 1 saturated carbocycles. The number of urea groups is 1. The summed E-state index contributed by atoms with van der Waals surface area (Å²) in [5.74, 6) is -0.926. The third-order valence-corrected chi connectivity index (χ3v) is 3.97. The van der Waals surface area contributed by atoms with Crippen LogP contribution >= 0.6 is 0 Å². The summed E-state index contributed by atoms with van der Waals surface area (Å²) in [6.07, 6.45) is 1.97. The van der Waals surface area contributed by atoms with E-state index >= 15 is 0 Å². The maximum atomic E-state index is 12.1. The SMILES string of the molecule is CCN(CC)CCCN(CC)C(=O)NC1(C(=O)O)CC1. The van der Waals surface area contributed by atoms with Crippen LogP contribution in [0.3, 0.4) is 0 Å². The van der Waals surface area contributed by atoms with Crippen molar-refractivity contribution in [3.8, 4) is 0 Å². The Morgan fingerprint density at radius 2 is 1.70 bits per heavy atom. The quantitative estimate of drug-likeness (QED) is 0.671. The Bertz CT molecular complexity index is 339. The number of nitrogens with zero attached hydrogens (tertiary/aromatic N) is 2. The molecular formula is C14H27N3O3. The minimum atomic E-state index is -0.997. The van der Waals surface area contributed by atoms with E-state index in [2.05, 4.69) is 24.1 Å². The lowest BCUT2D eigenvalue weighted by Crippen LogP contribution is -2.50. The molecule has 2 amide bonds. The van der Waals surface area contributed by atoms with Gasteiger partial charge in [0.05, 0.1) is 0 Å². The van der Waals surface area contributed by atoms with Crippen LogP contribution in [-0.4, -0.2) is 65.2 Å². The van der Waals surface area contributed by atoms with Crippen molar-refractivity contribution < 1.29 is 14.7 Å². The third-order valence-electron chi connectivity index (χ3n) is 3.97. The maximum absolute atomic E-state index is 12.1. The largest absolute Gasteiger partial charge is 0.480 e. The van der Waals surface area contributed by atoms with Crippen LogP contribution in [0.2, 0.25) is 0 Å². The zero-order valence-electron chi connectivity index (χ0n) is 12.8. The van der Waals surface area contributed by atoms with Crippen molar-refractivity contribution in [3.63, 3.8) is 0 Å². The molecule has 1 aliphatic rings. The molecule has 6 nitrogen and oxygen atoms in total. The highest BCUT2D eigenvalue weighted by Crippen LogP contribution is 2.35. The molecule has 0 bridgehead atoms. The number of nitrogens with one attached hydrogen (secondary N) is 1. The molecule has 20 heavy (non-hydrogen) atoms. The predicted molar refractivity (Wildman–Crippen MR) is 77.8 cm³/mol. The Labute approximate surface area is 121 Å². The van der Waals surface area contributed by atoms with Crippen molar-refractivity contribution in [2.24, 2.45) is 0 Å².